The van der Waals surface area contributed by atoms with E-state index in [1.165, 1.54) is 6.42 Å². The summed E-state index contributed by atoms with van der Waals surface area (Å²) >= 11 is 1.64. The Bertz CT molecular complexity index is 485. The third-order valence-corrected chi connectivity index (χ3v) is 4.46. The van der Waals surface area contributed by atoms with E-state index in [2.05, 4.69) is 10.3 Å². The van der Waals surface area contributed by atoms with Gasteiger partial charge in [-0.15, -0.1) is 11.3 Å². The molecule has 0 amide bonds. The van der Waals surface area contributed by atoms with E-state index in [4.69, 9.17) is 0 Å². The third kappa shape index (κ3) is 2.58. The fourth-order valence-corrected chi connectivity index (χ4v) is 3.39. The lowest BCUT2D eigenvalue weighted by molar-refractivity contribution is 0.00463. The molecule has 0 saturated heterocycles. The number of aliphatic hydroxyl groups is 1. The minimum Gasteiger partial charge on any atom is -0.389 e. The number of rotatable bonds is 4. The predicted octanol–water partition coefficient (Wildman–Crippen LogP) is 2.18. The van der Waals surface area contributed by atoms with Gasteiger partial charge in [-0.1, -0.05) is 19.3 Å². The molecular formula is C13H19N3OS. The maximum Gasteiger partial charge on any atom is 0.193 e. The molecular weight excluding hydrogens is 246 g/mol. The van der Waals surface area contributed by atoms with Crippen molar-refractivity contribution < 1.29 is 5.11 Å². The largest absolute Gasteiger partial charge is 0.389 e. The molecule has 4 nitrogen and oxygen atoms in total. The van der Waals surface area contributed by atoms with E-state index in [0.717, 1.165) is 42.9 Å². The average molecular weight is 265 g/mol. The number of nitrogens with one attached hydrogen (secondary N) is 1. The fourth-order valence-electron chi connectivity index (χ4n) is 2.67. The molecule has 2 heterocycles. The second-order valence-corrected chi connectivity index (χ2v) is 6.09. The maximum atomic E-state index is 10.4. The first-order valence-electron chi connectivity index (χ1n) is 6.59. The Morgan fingerprint density at radius 1 is 1.39 bits per heavy atom. The molecule has 18 heavy (non-hydrogen) atoms. The van der Waals surface area contributed by atoms with Gasteiger partial charge in [0.2, 0.25) is 0 Å². The van der Waals surface area contributed by atoms with Gasteiger partial charge in [-0.05, 0) is 12.8 Å². The van der Waals surface area contributed by atoms with Gasteiger partial charge in [0.15, 0.2) is 4.96 Å². The Morgan fingerprint density at radius 2 is 2.22 bits per heavy atom. The summed E-state index contributed by atoms with van der Waals surface area (Å²) in [5, 5.41) is 15.7. The van der Waals surface area contributed by atoms with Gasteiger partial charge >= 0.3 is 0 Å². The number of hydrogen-bond acceptors (Lipinski definition) is 4. The SMILES string of the molecule is OC1(CNCc2cn3ccsc3n2)CCCCC1. The zero-order chi connectivity index (χ0) is 12.4. The molecule has 0 bridgehead atoms. The standard InChI is InChI=1S/C13H19N3OS/c17-13(4-2-1-3-5-13)10-14-8-11-9-16-6-7-18-12(16)15-11/h6-7,9,14,17H,1-5,8,10H2. The van der Waals surface area contributed by atoms with E-state index in [-0.39, 0.29) is 0 Å². The topological polar surface area (TPSA) is 49.6 Å². The van der Waals surface area contributed by atoms with Crippen LogP contribution in [0.15, 0.2) is 17.8 Å². The summed E-state index contributed by atoms with van der Waals surface area (Å²) in [5.41, 5.74) is 0.552. The van der Waals surface area contributed by atoms with Crippen LogP contribution in [-0.2, 0) is 6.54 Å². The summed E-state index contributed by atoms with van der Waals surface area (Å²) in [6.07, 6.45) is 9.49. The lowest BCUT2D eigenvalue weighted by Gasteiger charge is -2.32. The highest BCUT2D eigenvalue weighted by molar-refractivity contribution is 7.15. The van der Waals surface area contributed by atoms with Crippen molar-refractivity contribution in [2.24, 2.45) is 0 Å². The quantitative estimate of drug-likeness (QED) is 0.891. The van der Waals surface area contributed by atoms with E-state index < -0.39 is 5.60 Å². The lowest BCUT2D eigenvalue weighted by atomic mass is 9.85. The number of fused-ring (bicyclic) bond motifs is 1. The van der Waals surface area contributed by atoms with Gasteiger partial charge in [-0.3, -0.25) is 4.40 Å². The Kier molecular flexibility index (Phi) is 3.37. The number of imidazole rings is 1. The summed E-state index contributed by atoms with van der Waals surface area (Å²) in [6.45, 7) is 1.41. The first-order chi connectivity index (χ1) is 8.75. The van der Waals surface area contributed by atoms with Crippen molar-refractivity contribution in [3.05, 3.63) is 23.5 Å². The summed E-state index contributed by atoms with van der Waals surface area (Å²) in [4.78, 5) is 5.55. The molecule has 1 fully saturated rings. The van der Waals surface area contributed by atoms with Gasteiger partial charge in [0.1, 0.15) is 0 Å². The van der Waals surface area contributed by atoms with Crippen molar-refractivity contribution in [3.63, 3.8) is 0 Å². The monoisotopic (exact) mass is 265 g/mol. The highest BCUT2D eigenvalue weighted by Crippen LogP contribution is 2.27. The minimum atomic E-state index is -0.491. The molecule has 5 heteroatoms. The summed E-state index contributed by atoms with van der Waals surface area (Å²) in [5.74, 6) is 0. The van der Waals surface area contributed by atoms with Crippen LogP contribution < -0.4 is 5.32 Å². The van der Waals surface area contributed by atoms with Crippen LogP contribution in [-0.4, -0.2) is 26.6 Å². The fraction of sp³-hybridized carbons (Fsp3) is 0.615. The van der Waals surface area contributed by atoms with Crippen molar-refractivity contribution >= 4 is 16.3 Å². The normalized spacial score (nSPS) is 19.4. The van der Waals surface area contributed by atoms with Gasteiger partial charge in [0.05, 0.1) is 11.3 Å². The van der Waals surface area contributed by atoms with E-state index in [1.54, 1.807) is 11.3 Å². The molecule has 0 unspecified atom stereocenters. The van der Waals surface area contributed by atoms with Crippen molar-refractivity contribution in [2.45, 2.75) is 44.2 Å². The molecule has 3 rings (SSSR count). The number of nitrogens with zero attached hydrogens (tertiary/aromatic N) is 2. The molecule has 0 atom stereocenters. The second kappa shape index (κ2) is 4.99. The zero-order valence-electron chi connectivity index (χ0n) is 10.4. The molecule has 2 N–H and O–H groups in total. The maximum absolute atomic E-state index is 10.4. The van der Waals surface area contributed by atoms with E-state index in [1.807, 2.05) is 22.2 Å². The number of thiazole rings is 1. The van der Waals surface area contributed by atoms with Gasteiger partial charge in [-0.25, -0.2) is 4.98 Å². The molecule has 0 spiro atoms. The first-order valence-corrected chi connectivity index (χ1v) is 7.47. The Morgan fingerprint density at radius 3 is 3.00 bits per heavy atom. The summed E-state index contributed by atoms with van der Waals surface area (Å²) < 4.78 is 2.04. The lowest BCUT2D eigenvalue weighted by Crippen LogP contribution is -2.41. The summed E-state index contributed by atoms with van der Waals surface area (Å²) in [7, 11) is 0. The minimum absolute atomic E-state index is 0.491. The second-order valence-electron chi connectivity index (χ2n) is 5.21. The van der Waals surface area contributed by atoms with E-state index in [0.29, 0.717) is 6.54 Å². The molecule has 0 aliphatic heterocycles. The van der Waals surface area contributed by atoms with E-state index >= 15 is 0 Å². The highest BCUT2D eigenvalue weighted by Gasteiger charge is 2.28. The molecule has 1 aliphatic rings. The molecule has 2 aromatic heterocycles. The van der Waals surface area contributed by atoms with Crippen LogP contribution in [0.5, 0.6) is 0 Å². The summed E-state index contributed by atoms with van der Waals surface area (Å²) in [6, 6.07) is 0. The molecule has 0 radical (unpaired) electrons. The molecule has 98 valence electrons. The van der Waals surface area contributed by atoms with Crippen LogP contribution in [0.1, 0.15) is 37.8 Å². The van der Waals surface area contributed by atoms with Crippen LogP contribution in [0, 0.1) is 0 Å². The number of aromatic nitrogens is 2. The Labute approximate surface area is 111 Å². The molecule has 0 aromatic carbocycles. The van der Waals surface area contributed by atoms with E-state index in [9.17, 15) is 5.11 Å². The first kappa shape index (κ1) is 12.1. The Hall–Kier alpha value is -0.910. The van der Waals surface area contributed by atoms with Gasteiger partial charge in [0, 0.05) is 30.9 Å². The zero-order valence-corrected chi connectivity index (χ0v) is 11.2. The van der Waals surface area contributed by atoms with Crippen molar-refractivity contribution in [1.29, 1.82) is 0 Å². The van der Waals surface area contributed by atoms with Crippen molar-refractivity contribution in [1.82, 2.24) is 14.7 Å². The highest BCUT2D eigenvalue weighted by atomic mass is 32.1. The van der Waals surface area contributed by atoms with Crippen LogP contribution in [0.25, 0.3) is 4.96 Å². The predicted molar refractivity (Wildman–Crippen MR) is 72.8 cm³/mol. The van der Waals surface area contributed by atoms with Gasteiger partial charge < -0.3 is 10.4 Å². The molecule has 1 aliphatic carbocycles. The smallest absolute Gasteiger partial charge is 0.193 e. The Balaban J connectivity index is 1.53. The average Bonchev–Trinajstić information content (AvgIpc) is 2.90. The third-order valence-electron chi connectivity index (χ3n) is 3.69. The van der Waals surface area contributed by atoms with Crippen LogP contribution in [0.4, 0.5) is 0 Å². The molecule has 2 aromatic rings. The van der Waals surface area contributed by atoms with Crippen molar-refractivity contribution in [2.75, 3.05) is 6.54 Å². The van der Waals surface area contributed by atoms with Gasteiger partial charge in [-0.2, -0.15) is 0 Å². The van der Waals surface area contributed by atoms with Gasteiger partial charge in [0.25, 0.3) is 0 Å². The van der Waals surface area contributed by atoms with Crippen LogP contribution >= 0.6 is 11.3 Å². The van der Waals surface area contributed by atoms with Crippen LogP contribution in [0.3, 0.4) is 0 Å². The number of hydrogen-bond donors (Lipinski definition) is 2. The van der Waals surface area contributed by atoms with Crippen molar-refractivity contribution in [3.8, 4) is 0 Å². The molecule has 1 saturated carbocycles. The van der Waals surface area contributed by atoms with Crippen LogP contribution in [0.2, 0.25) is 0 Å².